The van der Waals surface area contributed by atoms with Crippen LogP contribution in [0.5, 0.6) is 0 Å². The molecule has 0 unspecified atom stereocenters. The normalized spacial score (nSPS) is 15.7. The average Bonchev–Trinajstić information content (AvgIpc) is 2.53. The Morgan fingerprint density at radius 3 is 2.55 bits per heavy atom. The van der Waals surface area contributed by atoms with Crippen LogP contribution in [0.15, 0.2) is 34.8 Å². The molecule has 2 rings (SSSR count). The van der Waals surface area contributed by atoms with Crippen LogP contribution < -0.4 is 5.32 Å². The number of nitrogens with one attached hydrogen (secondary N) is 1. The van der Waals surface area contributed by atoms with E-state index in [2.05, 4.69) is 21.2 Å². The number of amides is 1. The number of carbonyl (C=O) groups excluding carboxylic acids is 2. The highest BCUT2D eigenvalue weighted by atomic mass is 79.9. The van der Waals surface area contributed by atoms with Gasteiger partial charge in [-0.05, 0) is 36.6 Å². The number of benzene rings is 1. The minimum absolute atomic E-state index is 0.222. The molecule has 1 fully saturated rings. The predicted molar refractivity (Wildman–Crippen MR) is 89.2 cm³/mol. The molecule has 1 aliphatic rings. The van der Waals surface area contributed by atoms with Crippen molar-refractivity contribution in [2.75, 3.05) is 6.61 Å². The topological polar surface area (TPSA) is 55.4 Å². The number of ether oxygens (including phenoxy) is 1. The molecule has 1 N–H and O–H groups in total. The van der Waals surface area contributed by atoms with Crippen LogP contribution in [0.1, 0.15) is 37.7 Å². The van der Waals surface area contributed by atoms with Gasteiger partial charge in [0, 0.05) is 16.6 Å². The third kappa shape index (κ3) is 6.02. The van der Waals surface area contributed by atoms with Gasteiger partial charge in [0.25, 0.3) is 5.91 Å². The van der Waals surface area contributed by atoms with E-state index in [0.29, 0.717) is 0 Å². The van der Waals surface area contributed by atoms with Crippen LogP contribution in [0, 0.1) is 0 Å². The first-order chi connectivity index (χ1) is 10.6. The van der Waals surface area contributed by atoms with Gasteiger partial charge < -0.3 is 10.1 Å². The first-order valence-electron chi connectivity index (χ1n) is 7.53. The van der Waals surface area contributed by atoms with Gasteiger partial charge in [-0.2, -0.15) is 0 Å². The predicted octanol–water partition coefficient (Wildman–Crippen LogP) is 3.45. The van der Waals surface area contributed by atoms with Crippen molar-refractivity contribution in [1.82, 2.24) is 5.32 Å². The molecule has 0 radical (unpaired) electrons. The molecule has 118 valence electrons. The molecular weight excluding hydrogens is 346 g/mol. The molecule has 1 aliphatic carbocycles. The zero-order valence-corrected chi connectivity index (χ0v) is 14.0. The molecule has 1 aromatic carbocycles. The molecule has 0 bridgehead atoms. The largest absolute Gasteiger partial charge is 0.452 e. The third-order valence-corrected chi connectivity index (χ3v) is 4.13. The Morgan fingerprint density at radius 2 is 1.86 bits per heavy atom. The van der Waals surface area contributed by atoms with Gasteiger partial charge in [-0.1, -0.05) is 47.3 Å². The van der Waals surface area contributed by atoms with E-state index >= 15 is 0 Å². The quantitative estimate of drug-likeness (QED) is 0.642. The first-order valence-corrected chi connectivity index (χ1v) is 8.32. The Kier molecular flexibility index (Phi) is 6.65. The van der Waals surface area contributed by atoms with Crippen LogP contribution in [-0.4, -0.2) is 24.5 Å². The average molecular weight is 366 g/mol. The van der Waals surface area contributed by atoms with Crippen LogP contribution >= 0.6 is 15.9 Å². The molecule has 0 aliphatic heterocycles. The third-order valence-electron chi connectivity index (χ3n) is 3.60. The van der Waals surface area contributed by atoms with Crippen LogP contribution in [0.4, 0.5) is 0 Å². The SMILES string of the molecule is O=C(COC(=O)/C=C/c1ccc(Br)cc1)NC1CCCCC1. The molecule has 4 nitrogen and oxygen atoms in total. The highest BCUT2D eigenvalue weighted by Crippen LogP contribution is 2.17. The molecule has 5 heteroatoms. The van der Waals surface area contributed by atoms with Gasteiger partial charge in [-0.25, -0.2) is 4.79 Å². The summed E-state index contributed by atoms with van der Waals surface area (Å²) in [7, 11) is 0. The molecular formula is C17H20BrNO3. The number of halogens is 1. The van der Waals surface area contributed by atoms with Crippen LogP contribution in [0.25, 0.3) is 6.08 Å². The molecule has 1 aromatic rings. The maximum atomic E-state index is 11.7. The summed E-state index contributed by atoms with van der Waals surface area (Å²) in [6.07, 6.45) is 8.57. The van der Waals surface area contributed by atoms with Crippen molar-refractivity contribution >= 4 is 33.9 Å². The van der Waals surface area contributed by atoms with Gasteiger partial charge in [0.05, 0.1) is 0 Å². The van der Waals surface area contributed by atoms with Gasteiger partial charge in [0.15, 0.2) is 6.61 Å². The summed E-state index contributed by atoms with van der Waals surface area (Å²) >= 11 is 3.35. The van der Waals surface area contributed by atoms with Crippen molar-refractivity contribution in [1.29, 1.82) is 0 Å². The standard InChI is InChI=1S/C17H20BrNO3/c18-14-9-6-13(7-10-14)8-11-17(21)22-12-16(20)19-15-4-2-1-3-5-15/h6-11,15H,1-5,12H2,(H,19,20)/b11-8+. The van der Waals surface area contributed by atoms with E-state index in [0.717, 1.165) is 35.7 Å². The summed E-state index contributed by atoms with van der Waals surface area (Å²) < 4.78 is 5.92. The van der Waals surface area contributed by atoms with Crippen LogP contribution in [-0.2, 0) is 14.3 Å². The highest BCUT2D eigenvalue weighted by molar-refractivity contribution is 9.10. The van der Waals surface area contributed by atoms with Crippen molar-refractivity contribution in [3.05, 3.63) is 40.4 Å². The molecule has 22 heavy (non-hydrogen) atoms. The van der Waals surface area contributed by atoms with Crippen molar-refractivity contribution in [3.8, 4) is 0 Å². The first kappa shape index (κ1) is 16.7. The summed E-state index contributed by atoms with van der Waals surface area (Å²) in [6.45, 7) is -0.222. The summed E-state index contributed by atoms with van der Waals surface area (Å²) in [5, 5.41) is 2.91. The van der Waals surface area contributed by atoms with Crippen molar-refractivity contribution in [3.63, 3.8) is 0 Å². The van der Waals surface area contributed by atoms with E-state index < -0.39 is 5.97 Å². The minimum atomic E-state index is -0.512. The van der Waals surface area contributed by atoms with E-state index in [1.165, 1.54) is 12.5 Å². The van der Waals surface area contributed by atoms with Gasteiger partial charge in [-0.15, -0.1) is 0 Å². The molecule has 0 saturated heterocycles. The zero-order chi connectivity index (χ0) is 15.8. The molecule has 0 spiro atoms. The summed E-state index contributed by atoms with van der Waals surface area (Å²) in [5.41, 5.74) is 0.895. The van der Waals surface area contributed by atoms with Crippen molar-refractivity contribution < 1.29 is 14.3 Å². The number of carbonyl (C=O) groups is 2. The fraction of sp³-hybridized carbons (Fsp3) is 0.412. The molecule has 0 aromatic heterocycles. The second-order valence-corrected chi connectivity index (χ2v) is 6.31. The fourth-order valence-electron chi connectivity index (χ4n) is 2.44. The molecule has 1 saturated carbocycles. The monoisotopic (exact) mass is 365 g/mol. The van der Waals surface area contributed by atoms with Gasteiger partial charge in [0.2, 0.25) is 0 Å². The van der Waals surface area contributed by atoms with Crippen molar-refractivity contribution in [2.24, 2.45) is 0 Å². The number of esters is 1. The number of hydrogen-bond acceptors (Lipinski definition) is 3. The Hall–Kier alpha value is -1.62. The number of hydrogen-bond donors (Lipinski definition) is 1. The lowest BCUT2D eigenvalue weighted by atomic mass is 9.95. The highest BCUT2D eigenvalue weighted by Gasteiger charge is 2.16. The van der Waals surface area contributed by atoms with Crippen molar-refractivity contribution in [2.45, 2.75) is 38.1 Å². The Labute approximate surface area is 139 Å². The van der Waals surface area contributed by atoms with E-state index in [9.17, 15) is 9.59 Å². The zero-order valence-electron chi connectivity index (χ0n) is 12.4. The van der Waals surface area contributed by atoms with Gasteiger partial charge in [0.1, 0.15) is 0 Å². The van der Waals surface area contributed by atoms with Gasteiger partial charge >= 0.3 is 5.97 Å². The maximum absolute atomic E-state index is 11.7. The lowest BCUT2D eigenvalue weighted by molar-refractivity contribution is -0.144. The van der Waals surface area contributed by atoms with E-state index in [1.54, 1.807) is 6.08 Å². The minimum Gasteiger partial charge on any atom is -0.452 e. The van der Waals surface area contributed by atoms with Crippen LogP contribution in [0.3, 0.4) is 0 Å². The van der Waals surface area contributed by atoms with E-state index in [4.69, 9.17) is 4.74 Å². The lowest BCUT2D eigenvalue weighted by Crippen LogP contribution is -2.38. The molecule has 0 heterocycles. The Balaban J connectivity index is 1.70. The van der Waals surface area contributed by atoms with E-state index in [1.807, 2.05) is 24.3 Å². The second-order valence-electron chi connectivity index (χ2n) is 5.40. The summed E-state index contributed by atoms with van der Waals surface area (Å²) in [4.78, 5) is 23.3. The Morgan fingerprint density at radius 1 is 1.18 bits per heavy atom. The fourth-order valence-corrected chi connectivity index (χ4v) is 2.70. The van der Waals surface area contributed by atoms with Gasteiger partial charge in [-0.3, -0.25) is 4.79 Å². The summed E-state index contributed by atoms with van der Waals surface area (Å²) in [6, 6.07) is 7.77. The second kappa shape index (κ2) is 8.73. The van der Waals surface area contributed by atoms with E-state index in [-0.39, 0.29) is 18.6 Å². The number of rotatable bonds is 5. The molecule has 0 atom stereocenters. The maximum Gasteiger partial charge on any atom is 0.331 e. The summed E-state index contributed by atoms with van der Waals surface area (Å²) in [5.74, 6) is -0.737. The smallest absolute Gasteiger partial charge is 0.331 e. The Bertz CT molecular complexity index is 533. The molecule has 1 amide bonds. The van der Waals surface area contributed by atoms with Crippen LogP contribution in [0.2, 0.25) is 0 Å². The lowest BCUT2D eigenvalue weighted by Gasteiger charge is -2.22.